The second-order valence-corrected chi connectivity index (χ2v) is 8.47. The van der Waals surface area contributed by atoms with E-state index in [0.29, 0.717) is 25.3 Å². The number of hydrogen-bond acceptors (Lipinski definition) is 4. The molecule has 0 aliphatic rings. The van der Waals surface area contributed by atoms with Gasteiger partial charge in [-0.05, 0) is 67.1 Å². The smallest absolute Gasteiger partial charge is 0.251 e. The van der Waals surface area contributed by atoms with Gasteiger partial charge in [0.15, 0.2) is 0 Å². The molecule has 4 rings (SSSR count). The van der Waals surface area contributed by atoms with E-state index in [4.69, 9.17) is 14.5 Å². The molecular weight excluding hydrogens is 482 g/mol. The average Bonchev–Trinajstić information content (AvgIpc) is 3.20. The van der Waals surface area contributed by atoms with Crippen molar-refractivity contribution in [2.45, 2.75) is 19.4 Å². The normalized spacial score (nSPS) is 10.8. The number of methoxy groups -OCH3 is 1. The highest BCUT2D eigenvalue weighted by Crippen LogP contribution is 2.19. The Hall–Kier alpha value is -3.32. The highest BCUT2D eigenvalue weighted by Gasteiger charge is 2.11. The van der Waals surface area contributed by atoms with Crippen molar-refractivity contribution in [2.24, 2.45) is 0 Å². The van der Waals surface area contributed by atoms with Crippen LogP contribution in [0.3, 0.4) is 0 Å². The zero-order chi connectivity index (χ0) is 23.0. The molecule has 0 bridgehead atoms. The Bertz CT molecular complexity index is 1200. The van der Waals surface area contributed by atoms with E-state index in [1.165, 1.54) is 0 Å². The zero-order valence-corrected chi connectivity index (χ0v) is 20.0. The Labute approximate surface area is 201 Å². The first-order valence-corrected chi connectivity index (χ1v) is 11.7. The van der Waals surface area contributed by atoms with Gasteiger partial charge < -0.3 is 19.4 Å². The van der Waals surface area contributed by atoms with Crippen LogP contribution in [-0.4, -0.2) is 35.7 Å². The number of carbonyl (C=O) groups excluding carboxylic acids is 1. The summed E-state index contributed by atoms with van der Waals surface area (Å²) < 4.78 is 14.3. The van der Waals surface area contributed by atoms with Crippen molar-refractivity contribution in [3.63, 3.8) is 0 Å². The van der Waals surface area contributed by atoms with E-state index in [0.717, 1.165) is 45.7 Å². The average molecular weight is 508 g/mol. The van der Waals surface area contributed by atoms with Crippen LogP contribution in [0.2, 0.25) is 0 Å². The van der Waals surface area contributed by atoms with Gasteiger partial charge in [-0.2, -0.15) is 0 Å². The topological polar surface area (TPSA) is 65.4 Å². The van der Waals surface area contributed by atoms with Gasteiger partial charge in [0.1, 0.15) is 23.9 Å². The second kappa shape index (κ2) is 11.0. The minimum absolute atomic E-state index is 0.0658. The summed E-state index contributed by atoms with van der Waals surface area (Å²) in [6, 6.07) is 23.0. The summed E-state index contributed by atoms with van der Waals surface area (Å²) in [4.78, 5) is 17.1. The quantitative estimate of drug-likeness (QED) is 0.297. The molecule has 170 valence electrons. The van der Waals surface area contributed by atoms with Gasteiger partial charge in [0, 0.05) is 23.0 Å². The second-order valence-electron chi connectivity index (χ2n) is 7.56. The zero-order valence-electron chi connectivity index (χ0n) is 18.5. The van der Waals surface area contributed by atoms with Crippen LogP contribution in [0.5, 0.6) is 11.5 Å². The largest absolute Gasteiger partial charge is 0.497 e. The maximum atomic E-state index is 12.3. The van der Waals surface area contributed by atoms with E-state index in [1.54, 1.807) is 7.11 Å². The van der Waals surface area contributed by atoms with Crippen LogP contribution < -0.4 is 14.8 Å². The lowest BCUT2D eigenvalue weighted by Crippen LogP contribution is -2.25. The molecule has 0 aliphatic carbocycles. The molecule has 3 aromatic carbocycles. The van der Waals surface area contributed by atoms with Crippen molar-refractivity contribution in [1.82, 2.24) is 14.9 Å². The van der Waals surface area contributed by atoms with Gasteiger partial charge in [0.05, 0.1) is 24.7 Å². The van der Waals surface area contributed by atoms with Crippen molar-refractivity contribution in [3.8, 4) is 11.5 Å². The number of aromatic nitrogens is 2. The molecule has 1 N–H and O–H groups in total. The number of carbonyl (C=O) groups is 1. The molecular formula is C26H26BrN3O3. The number of halogens is 1. The monoisotopic (exact) mass is 507 g/mol. The summed E-state index contributed by atoms with van der Waals surface area (Å²) in [6.07, 6.45) is 1.56. The maximum absolute atomic E-state index is 12.3. The molecule has 0 radical (unpaired) electrons. The summed E-state index contributed by atoms with van der Waals surface area (Å²) in [5.41, 5.74) is 2.71. The predicted octanol–water partition coefficient (Wildman–Crippen LogP) is 5.25. The highest BCUT2D eigenvalue weighted by atomic mass is 79.9. The first-order chi connectivity index (χ1) is 16.1. The Morgan fingerprint density at radius 2 is 1.73 bits per heavy atom. The summed E-state index contributed by atoms with van der Waals surface area (Å²) in [5, 5.41) is 2.99. The number of ether oxygens (including phenoxy) is 2. The lowest BCUT2D eigenvalue weighted by atomic mass is 10.2. The Morgan fingerprint density at radius 1 is 1.00 bits per heavy atom. The molecule has 0 atom stereocenters. The number of amides is 1. The molecule has 0 saturated heterocycles. The SMILES string of the molecule is COc1ccc(OCCn2c(CCCNC(=O)c3ccc(Br)cc3)nc3ccccc32)cc1. The standard InChI is InChI=1S/C26H26BrN3O3/c1-32-21-12-14-22(15-13-21)33-18-17-30-24-6-3-2-5-23(24)29-25(30)7-4-16-28-26(31)19-8-10-20(27)11-9-19/h2-3,5-6,8-15H,4,7,16-18H2,1H3,(H,28,31). The molecule has 0 unspecified atom stereocenters. The van der Waals surface area contributed by atoms with Gasteiger partial charge in [-0.3, -0.25) is 4.79 Å². The van der Waals surface area contributed by atoms with E-state index in [1.807, 2.05) is 66.7 Å². The van der Waals surface area contributed by atoms with Gasteiger partial charge in [-0.25, -0.2) is 4.98 Å². The maximum Gasteiger partial charge on any atom is 0.251 e. The van der Waals surface area contributed by atoms with E-state index >= 15 is 0 Å². The third kappa shape index (κ3) is 5.93. The summed E-state index contributed by atoms with van der Waals surface area (Å²) in [5.74, 6) is 2.53. The molecule has 0 fully saturated rings. The lowest BCUT2D eigenvalue weighted by molar-refractivity contribution is 0.0953. The van der Waals surface area contributed by atoms with Gasteiger partial charge >= 0.3 is 0 Å². The van der Waals surface area contributed by atoms with Crippen molar-refractivity contribution in [1.29, 1.82) is 0 Å². The van der Waals surface area contributed by atoms with Crippen LogP contribution in [0.4, 0.5) is 0 Å². The molecule has 4 aromatic rings. The minimum Gasteiger partial charge on any atom is -0.497 e. The highest BCUT2D eigenvalue weighted by molar-refractivity contribution is 9.10. The number of para-hydroxylation sites is 2. The van der Waals surface area contributed by atoms with Crippen LogP contribution >= 0.6 is 15.9 Å². The summed E-state index contributed by atoms with van der Waals surface area (Å²) in [7, 11) is 1.65. The number of rotatable bonds is 10. The fourth-order valence-corrected chi connectivity index (χ4v) is 3.91. The molecule has 33 heavy (non-hydrogen) atoms. The molecule has 0 spiro atoms. The molecule has 1 amide bonds. The van der Waals surface area contributed by atoms with Crippen LogP contribution in [0.25, 0.3) is 11.0 Å². The number of nitrogens with one attached hydrogen (secondary N) is 1. The Balaban J connectivity index is 1.35. The fraction of sp³-hybridized carbons (Fsp3) is 0.231. The van der Waals surface area contributed by atoms with E-state index in [-0.39, 0.29) is 5.91 Å². The molecule has 1 heterocycles. The van der Waals surface area contributed by atoms with Gasteiger partial charge in [-0.15, -0.1) is 0 Å². The third-order valence-electron chi connectivity index (χ3n) is 5.35. The van der Waals surface area contributed by atoms with Crippen LogP contribution in [-0.2, 0) is 13.0 Å². The molecule has 7 heteroatoms. The van der Waals surface area contributed by atoms with Crippen LogP contribution in [0.1, 0.15) is 22.6 Å². The van der Waals surface area contributed by atoms with Crippen LogP contribution in [0, 0.1) is 0 Å². The molecule has 1 aromatic heterocycles. The first kappa shape index (κ1) is 22.9. The van der Waals surface area contributed by atoms with Crippen LogP contribution in [0.15, 0.2) is 77.3 Å². The molecule has 0 saturated carbocycles. The van der Waals surface area contributed by atoms with E-state index < -0.39 is 0 Å². The van der Waals surface area contributed by atoms with E-state index in [2.05, 4.69) is 31.9 Å². The molecule has 6 nitrogen and oxygen atoms in total. The Kier molecular flexibility index (Phi) is 7.62. The van der Waals surface area contributed by atoms with Crippen molar-refractivity contribution >= 4 is 32.9 Å². The number of benzene rings is 3. The number of nitrogens with zero attached hydrogens (tertiary/aromatic N) is 2. The third-order valence-corrected chi connectivity index (χ3v) is 5.87. The van der Waals surface area contributed by atoms with Crippen molar-refractivity contribution in [2.75, 3.05) is 20.3 Å². The van der Waals surface area contributed by atoms with Gasteiger partial charge in [0.2, 0.25) is 0 Å². The number of aryl methyl sites for hydroxylation is 1. The number of hydrogen-bond donors (Lipinski definition) is 1. The van der Waals surface area contributed by atoms with Gasteiger partial charge in [0.25, 0.3) is 5.91 Å². The number of fused-ring (bicyclic) bond motifs is 1. The summed E-state index contributed by atoms with van der Waals surface area (Å²) >= 11 is 3.39. The fourth-order valence-electron chi connectivity index (χ4n) is 3.64. The minimum atomic E-state index is -0.0658. The molecule has 0 aliphatic heterocycles. The predicted molar refractivity (Wildman–Crippen MR) is 133 cm³/mol. The lowest BCUT2D eigenvalue weighted by Gasteiger charge is -2.11. The summed E-state index contributed by atoms with van der Waals surface area (Å²) in [6.45, 7) is 1.80. The number of imidazole rings is 1. The van der Waals surface area contributed by atoms with Gasteiger partial charge in [-0.1, -0.05) is 28.1 Å². The van der Waals surface area contributed by atoms with Crippen molar-refractivity contribution < 1.29 is 14.3 Å². The Morgan fingerprint density at radius 3 is 2.48 bits per heavy atom. The first-order valence-electron chi connectivity index (χ1n) is 10.9. The van der Waals surface area contributed by atoms with Crippen molar-refractivity contribution in [3.05, 3.63) is 88.7 Å². The van der Waals surface area contributed by atoms with E-state index in [9.17, 15) is 4.79 Å².